The molecule has 4 N–H and O–H groups in total. The van der Waals surface area contributed by atoms with Crippen LogP contribution in [0.3, 0.4) is 0 Å². The molecule has 1 fully saturated rings. The van der Waals surface area contributed by atoms with Gasteiger partial charge in [0, 0.05) is 13.0 Å². The van der Waals surface area contributed by atoms with E-state index in [1.165, 1.54) is 70.6 Å². The Kier molecular flexibility index (Phi) is 33.0. The first kappa shape index (κ1) is 52.3. The van der Waals surface area contributed by atoms with Crippen LogP contribution in [-0.2, 0) is 38.3 Å². The van der Waals surface area contributed by atoms with E-state index in [4.69, 9.17) is 23.5 Å². The molecule has 0 aromatic heterocycles. The van der Waals surface area contributed by atoms with E-state index in [0.29, 0.717) is 13.0 Å². The van der Waals surface area contributed by atoms with Gasteiger partial charge in [-0.05, 0) is 44.9 Å². The zero-order chi connectivity index (χ0) is 41.1. The van der Waals surface area contributed by atoms with Crippen LogP contribution in [0.5, 0.6) is 0 Å². The number of hydrogen-bond acceptors (Lipinski definition) is 11. The first-order valence-electron chi connectivity index (χ1n) is 21.7. The minimum atomic E-state index is -5.06. The standard InChI is InChI=1S/C43H78O12S/c1-3-5-7-9-11-13-15-17-19-20-22-24-26-28-30-32-39(45)53-37(35-51-33-31-29-27-25-23-21-18-16-14-12-10-8-6-4-2)36-52-43-41(47)42(55-56(48,49)50)40(46)38(34-44)54-43/h5,7,11,13,17,19,37-38,40-44,46-47H,3-4,6,8-10,12,14-16,18,20-36H2,1-2H3,(H,48,49,50)/b7-5-,13-11-,19-17-. The zero-order valence-corrected chi connectivity index (χ0v) is 35.5. The molecular weight excluding hydrogens is 741 g/mol. The predicted molar refractivity (Wildman–Crippen MR) is 220 cm³/mol. The second-order valence-electron chi connectivity index (χ2n) is 14.9. The number of unbranched alkanes of at least 4 members (excludes halogenated alkanes) is 18. The van der Waals surface area contributed by atoms with E-state index < -0.39 is 59.8 Å². The third-order valence-corrected chi connectivity index (χ3v) is 10.2. The molecule has 1 aliphatic heterocycles. The smallest absolute Gasteiger partial charge is 0.397 e. The fourth-order valence-corrected chi connectivity index (χ4v) is 7.02. The van der Waals surface area contributed by atoms with Gasteiger partial charge in [0.2, 0.25) is 0 Å². The molecule has 1 saturated heterocycles. The second-order valence-corrected chi connectivity index (χ2v) is 16.0. The lowest BCUT2D eigenvalue weighted by atomic mass is 9.99. The van der Waals surface area contributed by atoms with Gasteiger partial charge in [0.05, 0.1) is 19.8 Å². The monoisotopic (exact) mass is 819 g/mol. The maximum absolute atomic E-state index is 12.8. The van der Waals surface area contributed by atoms with Crippen LogP contribution in [0, 0.1) is 0 Å². The number of ether oxygens (including phenoxy) is 4. The molecule has 13 heteroatoms. The predicted octanol–water partition coefficient (Wildman–Crippen LogP) is 8.63. The van der Waals surface area contributed by atoms with Crippen LogP contribution in [0.2, 0.25) is 0 Å². The average Bonchev–Trinajstić information content (AvgIpc) is 3.17. The maximum Gasteiger partial charge on any atom is 0.397 e. The van der Waals surface area contributed by atoms with Crippen LogP contribution >= 0.6 is 0 Å². The van der Waals surface area contributed by atoms with E-state index in [0.717, 1.165) is 70.6 Å². The molecule has 1 heterocycles. The number of allylic oxidation sites excluding steroid dienone is 6. The van der Waals surface area contributed by atoms with Gasteiger partial charge in [-0.1, -0.05) is 153 Å². The topological polar surface area (TPSA) is 178 Å². The normalized spacial score (nSPS) is 21.1. The minimum Gasteiger partial charge on any atom is -0.457 e. The summed E-state index contributed by atoms with van der Waals surface area (Å²) in [4.78, 5) is 12.8. The van der Waals surface area contributed by atoms with E-state index in [9.17, 15) is 28.5 Å². The van der Waals surface area contributed by atoms with Crippen molar-refractivity contribution in [1.82, 2.24) is 0 Å². The van der Waals surface area contributed by atoms with Crippen molar-refractivity contribution in [2.45, 2.75) is 205 Å². The summed E-state index contributed by atoms with van der Waals surface area (Å²) in [6.45, 7) is 3.86. The Morgan fingerprint density at radius 1 is 0.696 bits per heavy atom. The number of aliphatic hydroxyl groups is 3. The molecular formula is C43H78O12S. The Morgan fingerprint density at radius 3 is 1.80 bits per heavy atom. The average molecular weight is 819 g/mol. The van der Waals surface area contributed by atoms with Crippen molar-refractivity contribution in [1.29, 1.82) is 0 Å². The highest BCUT2D eigenvalue weighted by atomic mass is 32.3. The van der Waals surface area contributed by atoms with Gasteiger partial charge in [-0.3, -0.25) is 9.35 Å². The highest BCUT2D eigenvalue weighted by Gasteiger charge is 2.48. The van der Waals surface area contributed by atoms with Crippen LogP contribution in [0.25, 0.3) is 0 Å². The zero-order valence-electron chi connectivity index (χ0n) is 34.7. The molecule has 1 rings (SSSR count). The SMILES string of the molecule is CC/C=C\C/C=C\C/C=C\CCCCCCCC(=O)OC(COCCCCCCCCCCCCCCCC)COC1OC(CO)C(O)C(OS(=O)(=O)O)C1O. The second kappa shape index (κ2) is 35.3. The van der Waals surface area contributed by atoms with E-state index in [1.807, 2.05) is 0 Å². The van der Waals surface area contributed by atoms with Gasteiger partial charge in [-0.2, -0.15) is 8.42 Å². The van der Waals surface area contributed by atoms with Crippen molar-refractivity contribution in [2.75, 3.05) is 26.4 Å². The summed E-state index contributed by atoms with van der Waals surface area (Å²) >= 11 is 0. The van der Waals surface area contributed by atoms with Crippen molar-refractivity contribution in [3.63, 3.8) is 0 Å². The molecule has 6 unspecified atom stereocenters. The summed E-state index contributed by atoms with van der Waals surface area (Å²) in [7, 11) is -5.06. The van der Waals surface area contributed by atoms with E-state index in [1.54, 1.807) is 0 Å². The molecule has 1 aliphatic rings. The number of carbonyl (C=O) groups excluding carboxylic acids is 1. The largest absolute Gasteiger partial charge is 0.457 e. The Morgan fingerprint density at radius 2 is 1.23 bits per heavy atom. The lowest BCUT2D eigenvalue weighted by Crippen LogP contribution is -2.60. The third kappa shape index (κ3) is 28.7. The lowest BCUT2D eigenvalue weighted by Gasteiger charge is -2.41. The summed E-state index contributed by atoms with van der Waals surface area (Å²) in [5.74, 6) is -0.416. The summed E-state index contributed by atoms with van der Waals surface area (Å²) in [5.41, 5.74) is 0. The molecule has 0 amide bonds. The fraction of sp³-hybridized carbons (Fsp3) is 0.837. The molecule has 0 aromatic carbocycles. The minimum absolute atomic E-state index is 0.0310. The van der Waals surface area contributed by atoms with Gasteiger partial charge >= 0.3 is 16.4 Å². The number of hydrogen-bond donors (Lipinski definition) is 4. The molecule has 0 aromatic rings. The van der Waals surface area contributed by atoms with E-state index >= 15 is 0 Å². The van der Waals surface area contributed by atoms with Crippen LogP contribution in [0.1, 0.15) is 168 Å². The summed E-state index contributed by atoms with van der Waals surface area (Å²) in [6.07, 6.45) is 30.3. The van der Waals surface area contributed by atoms with Gasteiger partial charge in [0.1, 0.15) is 30.5 Å². The third-order valence-electron chi connectivity index (χ3n) is 9.78. The quantitative estimate of drug-likeness (QED) is 0.0203. The highest BCUT2D eigenvalue weighted by Crippen LogP contribution is 2.26. The van der Waals surface area contributed by atoms with Gasteiger partial charge < -0.3 is 34.3 Å². The Labute approximate surface area is 339 Å². The molecule has 328 valence electrons. The Bertz CT molecular complexity index is 1130. The molecule has 0 bridgehead atoms. The van der Waals surface area contributed by atoms with Gasteiger partial charge in [0.15, 0.2) is 6.29 Å². The number of rotatable bonds is 37. The van der Waals surface area contributed by atoms with Crippen molar-refractivity contribution in [3.8, 4) is 0 Å². The van der Waals surface area contributed by atoms with E-state index in [-0.39, 0.29) is 19.6 Å². The van der Waals surface area contributed by atoms with Crippen LogP contribution in [-0.4, -0.2) is 97.5 Å². The van der Waals surface area contributed by atoms with Crippen molar-refractivity contribution in [2.24, 2.45) is 0 Å². The fourth-order valence-electron chi connectivity index (χ4n) is 6.51. The van der Waals surface area contributed by atoms with Crippen molar-refractivity contribution < 1.29 is 56.2 Å². The van der Waals surface area contributed by atoms with Gasteiger partial charge in [-0.25, -0.2) is 4.18 Å². The van der Waals surface area contributed by atoms with Gasteiger partial charge in [-0.15, -0.1) is 0 Å². The molecule has 6 atom stereocenters. The first-order chi connectivity index (χ1) is 27.1. The number of carbonyl (C=O) groups is 1. The van der Waals surface area contributed by atoms with Crippen LogP contribution < -0.4 is 0 Å². The highest BCUT2D eigenvalue weighted by molar-refractivity contribution is 7.80. The summed E-state index contributed by atoms with van der Waals surface area (Å²) < 4.78 is 59.0. The Balaban J connectivity index is 2.46. The molecule has 0 aliphatic carbocycles. The van der Waals surface area contributed by atoms with Crippen molar-refractivity contribution >= 4 is 16.4 Å². The lowest BCUT2D eigenvalue weighted by molar-refractivity contribution is -0.301. The molecule has 0 spiro atoms. The van der Waals surface area contributed by atoms with E-state index in [2.05, 4.69) is 54.5 Å². The molecule has 56 heavy (non-hydrogen) atoms. The number of esters is 1. The first-order valence-corrected chi connectivity index (χ1v) is 23.1. The van der Waals surface area contributed by atoms with Gasteiger partial charge in [0.25, 0.3) is 0 Å². The van der Waals surface area contributed by atoms with Crippen molar-refractivity contribution in [3.05, 3.63) is 36.5 Å². The molecule has 0 radical (unpaired) electrons. The van der Waals surface area contributed by atoms with Crippen LogP contribution in [0.15, 0.2) is 36.5 Å². The summed E-state index contributed by atoms with van der Waals surface area (Å²) in [5, 5.41) is 30.6. The molecule has 0 saturated carbocycles. The summed E-state index contributed by atoms with van der Waals surface area (Å²) in [6, 6.07) is 0. The van der Waals surface area contributed by atoms with Crippen LogP contribution in [0.4, 0.5) is 0 Å². The Hall–Kier alpha value is -1.68. The maximum atomic E-state index is 12.8. The number of aliphatic hydroxyl groups excluding tert-OH is 3. The molecule has 12 nitrogen and oxygen atoms in total.